The average Bonchev–Trinajstić information content (AvgIpc) is 2.79. The molecule has 0 unspecified atom stereocenters. The van der Waals surface area contributed by atoms with E-state index in [2.05, 4.69) is 42.5 Å². The van der Waals surface area contributed by atoms with Crippen molar-refractivity contribution in [3.63, 3.8) is 0 Å². The van der Waals surface area contributed by atoms with Gasteiger partial charge in [-0.2, -0.15) is 5.10 Å². The fourth-order valence-electron chi connectivity index (χ4n) is 1.85. The first kappa shape index (κ1) is 10.9. The normalized spacial score (nSPS) is 10.6. The highest BCUT2D eigenvalue weighted by molar-refractivity contribution is 5.65. The van der Waals surface area contributed by atoms with Crippen molar-refractivity contribution >= 4 is 0 Å². The van der Waals surface area contributed by atoms with Gasteiger partial charge in [0, 0.05) is 18.3 Å². The second-order valence-corrected chi connectivity index (χ2v) is 3.78. The first-order valence-electron chi connectivity index (χ1n) is 5.66. The number of aromatic nitrogens is 2. The third-order valence-electron chi connectivity index (χ3n) is 2.70. The first-order valence-corrected chi connectivity index (χ1v) is 5.66. The molecule has 0 saturated carbocycles. The molecule has 0 radical (unpaired) electrons. The van der Waals surface area contributed by atoms with E-state index in [1.165, 1.54) is 16.7 Å². The molecule has 1 heterocycles. The zero-order valence-electron chi connectivity index (χ0n) is 9.56. The van der Waals surface area contributed by atoms with Crippen LogP contribution in [0.1, 0.15) is 12.5 Å². The van der Waals surface area contributed by atoms with Gasteiger partial charge in [-0.1, -0.05) is 24.3 Å². The van der Waals surface area contributed by atoms with Crippen LogP contribution in [0.15, 0.2) is 36.7 Å². The van der Waals surface area contributed by atoms with Crippen LogP contribution in [0.2, 0.25) is 0 Å². The highest BCUT2D eigenvalue weighted by Gasteiger charge is 2.05. The van der Waals surface area contributed by atoms with Gasteiger partial charge in [-0.15, -0.1) is 0 Å². The molecule has 0 aliphatic heterocycles. The van der Waals surface area contributed by atoms with E-state index in [1.807, 2.05) is 10.9 Å². The summed E-state index contributed by atoms with van der Waals surface area (Å²) in [5, 5.41) is 4.30. The van der Waals surface area contributed by atoms with Gasteiger partial charge in [-0.25, -0.2) is 0 Å². The number of benzene rings is 1. The number of nitrogens with zero attached hydrogens (tertiary/aromatic N) is 2. The summed E-state index contributed by atoms with van der Waals surface area (Å²) in [5.41, 5.74) is 9.33. The van der Waals surface area contributed by atoms with Crippen LogP contribution in [0.3, 0.4) is 0 Å². The minimum absolute atomic E-state index is 0.679. The molecular weight excluding hydrogens is 198 g/mol. The molecule has 0 fully saturated rings. The van der Waals surface area contributed by atoms with E-state index in [9.17, 15) is 0 Å². The zero-order valence-corrected chi connectivity index (χ0v) is 9.56. The molecule has 84 valence electrons. The summed E-state index contributed by atoms with van der Waals surface area (Å²) < 4.78 is 1.94. The van der Waals surface area contributed by atoms with Gasteiger partial charge < -0.3 is 5.73 Å². The van der Waals surface area contributed by atoms with E-state index >= 15 is 0 Å². The summed E-state index contributed by atoms with van der Waals surface area (Å²) >= 11 is 0. The van der Waals surface area contributed by atoms with Gasteiger partial charge in [-0.3, -0.25) is 4.68 Å². The quantitative estimate of drug-likeness (QED) is 0.848. The van der Waals surface area contributed by atoms with Crippen molar-refractivity contribution in [2.24, 2.45) is 5.73 Å². The number of hydrogen-bond donors (Lipinski definition) is 1. The Morgan fingerprint density at radius 1 is 1.31 bits per heavy atom. The Hall–Kier alpha value is -1.61. The van der Waals surface area contributed by atoms with Crippen molar-refractivity contribution < 1.29 is 0 Å². The van der Waals surface area contributed by atoms with Crippen LogP contribution < -0.4 is 5.73 Å². The molecular formula is C13H17N3. The lowest BCUT2D eigenvalue weighted by molar-refractivity contribution is 0.660. The van der Waals surface area contributed by atoms with Crippen LogP contribution in [0.25, 0.3) is 11.1 Å². The Labute approximate surface area is 95.9 Å². The van der Waals surface area contributed by atoms with Crippen molar-refractivity contribution in [2.45, 2.75) is 19.9 Å². The highest BCUT2D eigenvalue weighted by atomic mass is 15.3. The summed E-state index contributed by atoms with van der Waals surface area (Å²) in [6, 6.07) is 8.37. The Morgan fingerprint density at radius 2 is 2.12 bits per heavy atom. The summed E-state index contributed by atoms with van der Waals surface area (Å²) in [6.07, 6.45) is 4.90. The second kappa shape index (κ2) is 4.94. The van der Waals surface area contributed by atoms with E-state index in [4.69, 9.17) is 5.73 Å². The van der Waals surface area contributed by atoms with Gasteiger partial charge in [-0.05, 0) is 31.0 Å². The fraction of sp³-hybridized carbons (Fsp3) is 0.308. The van der Waals surface area contributed by atoms with Crippen LogP contribution in [0, 0.1) is 0 Å². The predicted octanol–water partition coefficient (Wildman–Crippen LogP) is 2.07. The molecule has 0 spiro atoms. The third-order valence-corrected chi connectivity index (χ3v) is 2.70. The number of nitrogens with two attached hydrogens (primary N) is 1. The van der Waals surface area contributed by atoms with Gasteiger partial charge in [0.2, 0.25) is 0 Å². The van der Waals surface area contributed by atoms with Gasteiger partial charge in [0.25, 0.3) is 0 Å². The Balaban J connectivity index is 2.38. The van der Waals surface area contributed by atoms with Gasteiger partial charge in [0.1, 0.15) is 0 Å². The van der Waals surface area contributed by atoms with Gasteiger partial charge >= 0.3 is 0 Å². The van der Waals surface area contributed by atoms with E-state index in [-0.39, 0.29) is 0 Å². The predicted molar refractivity (Wildman–Crippen MR) is 66.1 cm³/mol. The van der Waals surface area contributed by atoms with E-state index in [1.54, 1.807) is 0 Å². The molecule has 2 aromatic rings. The molecule has 2 N–H and O–H groups in total. The second-order valence-electron chi connectivity index (χ2n) is 3.78. The van der Waals surface area contributed by atoms with Crippen LogP contribution in [-0.2, 0) is 13.0 Å². The van der Waals surface area contributed by atoms with Crippen LogP contribution in [0.5, 0.6) is 0 Å². The zero-order chi connectivity index (χ0) is 11.4. The van der Waals surface area contributed by atoms with Gasteiger partial charge in [0.05, 0.1) is 6.20 Å². The van der Waals surface area contributed by atoms with E-state index in [0.717, 1.165) is 13.0 Å². The third kappa shape index (κ3) is 2.14. The maximum atomic E-state index is 5.62. The molecule has 16 heavy (non-hydrogen) atoms. The van der Waals surface area contributed by atoms with E-state index < -0.39 is 0 Å². The van der Waals surface area contributed by atoms with Crippen LogP contribution in [0.4, 0.5) is 0 Å². The SMILES string of the molecule is CCn1cc(-c2ccccc2CCN)cn1. The standard InChI is InChI=1S/C13H17N3/c1-2-16-10-12(9-15-16)13-6-4-3-5-11(13)7-8-14/h3-6,9-10H,2,7-8,14H2,1H3. The first-order chi connectivity index (χ1) is 7.85. The monoisotopic (exact) mass is 215 g/mol. The molecule has 0 aliphatic carbocycles. The lowest BCUT2D eigenvalue weighted by atomic mass is 10.0. The van der Waals surface area contributed by atoms with Crippen molar-refractivity contribution in [2.75, 3.05) is 6.54 Å². The molecule has 0 saturated heterocycles. The molecule has 3 nitrogen and oxygen atoms in total. The number of hydrogen-bond acceptors (Lipinski definition) is 2. The molecule has 0 atom stereocenters. The Morgan fingerprint density at radius 3 is 2.81 bits per heavy atom. The summed E-state index contributed by atoms with van der Waals surface area (Å²) in [4.78, 5) is 0. The van der Waals surface area contributed by atoms with Crippen molar-refractivity contribution in [1.82, 2.24) is 9.78 Å². The van der Waals surface area contributed by atoms with Gasteiger partial charge in [0.15, 0.2) is 0 Å². The molecule has 1 aromatic carbocycles. The minimum atomic E-state index is 0.679. The Bertz CT molecular complexity index is 460. The molecule has 3 heteroatoms. The smallest absolute Gasteiger partial charge is 0.0568 e. The minimum Gasteiger partial charge on any atom is -0.330 e. The summed E-state index contributed by atoms with van der Waals surface area (Å²) in [7, 11) is 0. The maximum absolute atomic E-state index is 5.62. The largest absolute Gasteiger partial charge is 0.330 e. The lowest BCUT2D eigenvalue weighted by Gasteiger charge is -2.05. The topological polar surface area (TPSA) is 43.8 Å². The summed E-state index contributed by atoms with van der Waals surface area (Å²) in [5.74, 6) is 0. The van der Waals surface area contributed by atoms with E-state index in [0.29, 0.717) is 6.54 Å². The van der Waals surface area contributed by atoms with Crippen molar-refractivity contribution in [3.8, 4) is 11.1 Å². The molecule has 1 aromatic heterocycles. The maximum Gasteiger partial charge on any atom is 0.0568 e. The highest BCUT2D eigenvalue weighted by Crippen LogP contribution is 2.23. The number of rotatable bonds is 4. The number of aryl methyl sites for hydroxylation is 1. The van der Waals surface area contributed by atoms with Crippen LogP contribution in [-0.4, -0.2) is 16.3 Å². The molecule has 2 rings (SSSR count). The lowest BCUT2D eigenvalue weighted by Crippen LogP contribution is -2.03. The van der Waals surface area contributed by atoms with Crippen LogP contribution >= 0.6 is 0 Å². The van der Waals surface area contributed by atoms with Crippen molar-refractivity contribution in [1.29, 1.82) is 0 Å². The molecule has 0 amide bonds. The Kier molecular flexibility index (Phi) is 3.37. The summed E-state index contributed by atoms with van der Waals surface area (Å²) in [6.45, 7) is 3.67. The van der Waals surface area contributed by atoms with Crippen molar-refractivity contribution in [3.05, 3.63) is 42.2 Å². The molecule has 0 bridgehead atoms. The fourth-order valence-corrected chi connectivity index (χ4v) is 1.85. The molecule has 0 aliphatic rings. The average molecular weight is 215 g/mol.